The molecule has 0 N–H and O–H groups in total. The average Bonchev–Trinajstić information content (AvgIpc) is 2.54. The van der Waals surface area contributed by atoms with Crippen LogP contribution in [0.4, 0.5) is 0 Å². The van der Waals surface area contributed by atoms with Crippen LogP contribution in [0, 0.1) is 0 Å². The largest absolute Gasteiger partial charge is 0.494 e. The van der Waals surface area contributed by atoms with E-state index >= 15 is 0 Å². The molecule has 1 aliphatic heterocycles. The normalized spacial score (nSPS) is 29.3. The molecule has 2 nitrogen and oxygen atoms in total. The van der Waals surface area contributed by atoms with Gasteiger partial charge in [-0.05, 0) is 24.6 Å². The summed E-state index contributed by atoms with van der Waals surface area (Å²) in [6.45, 7) is 4.17. The van der Waals surface area contributed by atoms with Gasteiger partial charge >= 0.3 is 7.12 Å². The fraction of sp³-hybridized carbons (Fsp3) is 0.250. The van der Waals surface area contributed by atoms with Crippen LogP contribution in [0.5, 0.6) is 0 Å². The lowest BCUT2D eigenvalue weighted by atomic mass is 9.79. The maximum atomic E-state index is 6.14. The van der Waals surface area contributed by atoms with Crippen LogP contribution in [0.3, 0.4) is 0 Å². The molecule has 0 saturated carbocycles. The van der Waals surface area contributed by atoms with Crippen molar-refractivity contribution in [2.24, 2.45) is 0 Å². The van der Waals surface area contributed by atoms with Crippen LogP contribution >= 0.6 is 6.04 Å². The van der Waals surface area contributed by atoms with Gasteiger partial charge in [0, 0.05) is 6.04 Å². The lowest BCUT2D eigenvalue weighted by Crippen LogP contribution is -2.48. The summed E-state index contributed by atoms with van der Waals surface area (Å²) in [6.07, 6.45) is 0. The molecule has 0 amide bonds. The number of hydrogen-bond donors (Lipinski definition) is 0. The Bertz CT molecular complexity index is 634. The second kappa shape index (κ2) is 6.06. The zero-order valence-corrected chi connectivity index (χ0v) is 13.9. The maximum absolute atomic E-state index is 6.14. The molecular formula is C16H18BO2PS. The van der Waals surface area contributed by atoms with Crippen LogP contribution in [-0.4, -0.2) is 18.8 Å². The Morgan fingerprint density at radius 3 is 1.86 bits per heavy atom. The van der Waals surface area contributed by atoms with E-state index in [9.17, 15) is 0 Å². The van der Waals surface area contributed by atoms with Crippen molar-refractivity contribution in [1.29, 1.82) is 0 Å². The van der Waals surface area contributed by atoms with E-state index in [1.807, 2.05) is 48.5 Å². The van der Waals surface area contributed by atoms with Gasteiger partial charge in [-0.1, -0.05) is 72.5 Å². The minimum absolute atomic E-state index is 0.00357. The van der Waals surface area contributed by atoms with Gasteiger partial charge in [0.1, 0.15) is 0 Å². The Kier molecular flexibility index (Phi) is 4.32. The Morgan fingerprint density at radius 2 is 1.33 bits per heavy atom. The van der Waals surface area contributed by atoms with Crippen molar-refractivity contribution >= 4 is 35.7 Å². The molecule has 1 heterocycles. The quantitative estimate of drug-likeness (QED) is 0.627. The molecule has 2 aromatic carbocycles. The van der Waals surface area contributed by atoms with E-state index in [-0.39, 0.29) is 18.8 Å². The van der Waals surface area contributed by atoms with Crippen LogP contribution in [0.15, 0.2) is 60.7 Å². The first-order chi connectivity index (χ1) is 10.1. The lowest BCUT2D eigenvalue weighted by molar-refractivity contribution is 0.162. The molecule has 3 rings (SSSR count). The molecule has 21 heavy (non-hydrogen) atoms. The fourth-order valence-corrected chi connectivity index (χ4v) is 6.03. The van der Waals surface area contributed by atoms with E-state index < -0.39 is 6.04 Å². The monoisotopic (exact) mass is 316 g/mol. The Balaban J connectivity index is 1.90. The molecule has 0 aliphatic carbocycles. The summed E-state index contributed by atoms with van der Waals surface area (Å²) in [5, 5.41) is 1.19. The fourth-order valence-electron chi connectivity index (χ4n) is 2.71. The van der Waals surface area contributed by atoms with E-state index in [1.54, 1.807) is 0 Å². The Morgan fingerprint density at radius 1 is 0.857 bits per heavy atom. The number of hydrogen-bond acceptors (Lipinski definition) is 3. The van der Waals surface area contributed by atoms with Gasteiger partial charge in [0.25, 0.3) is 0 Å². The zero-order valence-electron chi connectivity index (χ0n) is 12.2. The highest BCUT2D eigenvalue weighted by molar-refractivity contribution is 8.18. The lowest BCUT2D eigenvalue weighted by Gasteiger charge is -2.41. The van der Waals surface area contributed by atoms with Gasteiger partial charge in [0.15, 0.2) is 0 Å². The number of rotatable bonds is 2. The Hall–Kier alpha value is -0.925. The van der Waals surface area contributed by atoms with Gasteiger partial charge in [0.05, 0.1) is 11.7 Å². The third-order valence-electron chi connectivity index (χ3n) is 3.95. The second-order valence-corrected chi connectivity index (χ2v) is 10.5. The van der Waals surface area contributed by atoms with Crippen LogP contribution in [-0.2, 0) is 21.1 Å². The summed E-state index contributed by atoms with van der Waals surface area (Å²) in [5.74, 6) is 0.00714. The molecule has 2 aromatic rings. The van der Waals surface area contributed by atoms with Gasteiger partial charge in [-0.25, -0.2) is 0 Å². The SMILES string of the molecule is CC1OB(c2ccccc2)OC(C)P1(=S)c1ccccc1. The standard InChI is InChI=1S/C16H18BO2PS/c1-13-18-17(15-9-5-3-6-10-15)19-14(2)20(13,21)16-11-7-4-8-12-16/h3-14H,1-2H3. The van der Waals surface area contributed by atoms with E-state index in [0.717, 1.165) is 5.46 Å². The van der Waals surface area contributed by atoms with Crippen LogP contribution in [0.1, 0.15) is 13.8 Å². The van der Waals surface area contributed by atoms with Gasteiger partial charge < -0.3 is 9.31 Å². The first kappa shape index (κ1) is 15.0. The molecule has 0 aromatic heterocycles. The molecule has 5 heteroatoms. The van der Waals surface area contributed by atoms with Crippen molar-refractivity contribution in [3.05, 3.63) is 60.7 Å². The first-order valence-corrected chi connectivity index (χ1v) is 10.1. The van der Waals surface area contributed by atoms with Gasteiger partial charge in [0.2, 0.25) is 0 Å². The van der Waals surface area contributed by atoms with Crippen LogP contribution in [0.25, 0.3) is 0 Å². The molecular weight excluding hydrogens is 298 g/mol. The topological polar surface area (TPSA) is 18.5 Å². The van der Waals surface area contributed by atoms with Gasteiger partial charge in [-0.15, -0.1) is 0 Å². The number of benzene rings is 2. The molecule has 0 bridgehead atoms. The van der Waals surface area contributed by atoms with E-state index in [4.69, 9.17) is 21.1 Å². The summed E-state index contributed by atoms with van der Waals surface area (Å²) in [7, 11) is -0.323. The minimum atomic E-state index is -1.92. The van der Waals surface area contributed by atoms with Crippen molar-refractivity contribution in [2.45, 2.75) is 25.5 Å². The van der Waals surface area contributed by atoms with Crippen molar-refractivity contribution in [2.75, 3.05) is 0 Å². The highest BCUT2D eigenvalue weighted by atomic mass is 32.4. The van der Waals surface area contributed by atoms with Gasteiger partial charge in [-0.3, -0.25) is 0 Å². The third-order valence-corrected chi connectivity index (χ3v) is 9.88. The maximum Gasteiger partial charge on any atom is 0.494 e. The average molecular weight is 316 g/mol. The van der Waals surface area contributed by atoms with Crippen LogP contribution < -0.4 is 10.8 Å². The molecule has 0 radical (unpaired) electrons. The van der Waals surface area contributed by atoms with Gasteiger partial charge in [-0.2, -0.15) is 0 Å². The van der Waals surface area contributed by atoms with E-state index in [1.165, 1.54) is 5.30 Å². The molecule has 1 saturated heterocycles. The predicted molar refractivity (Wildman–Crippen MR) is 93.3 cm³/mol. The third kappa shape index (κ3) is 2.74. The molecule has 2 unspecified atom stereocenters. The predicted octanol–water partition coefficient (Wildman–Crippen LogP) is 2.93. The van der Waals surface area contributed by atoms with Crippen molar-refractivity contribution in [3.63, 3.8) is 0 Å². The first-order valence-electron chi connectivity index (χ1n) is 7.13. The summed E-state index contributed by atoms with van der Waals surface area (Å²) < 4.78 is 12.3. The second-order valence-electron chi connectivity index (χ2n) is 5.26. The summed E-state index contributed by atoms with van der Waals surface area (Å²) in [4.78, 5) is 0. The van der Waals surface area contributed by atoms with Crippen LogP contribution in [0.2, 0.25) is 0 Å². The smallest absolute Gasteiger partial charge is 0.400 e. The molecule has 2 atom stereocenters. The summed E-state index contributed by atoms with van der Waals surface area (Å²) >= 11 is 6.03. The summed E-state index contributed by atoms with van der Waals surface area (Å²) in [5.41, 5.74) is 1.05. The highest BCUT2D eigenvalue weighted by Crippen LogP contribution is 2.57. The summed E-state index contributed by atoms with van der Waals surface area (Å²) in [6, 6.07) is 18.4. The Labute approximate surface area is 131 Å². The molecule has 108 valence electrons. The van der Waals surface area contributed by atoms with E-state index in [0.29, 0.717) is 0 Å². The molecule has 0 spiro atoms. The highest BCUT2D eigenvalue weighted by Gasteiger charge is 2.44. The zero-order chi connectivity index (χ0) is 14.9. The molecule has 1 fully saturated rings. The minimum Gasteiger partial charge on any atom is -0.400 e. The van der Waals surface area contributed by atoms with Crippen molar-refractivity contribution in [3.8, 4) is 0 Å². The van der Waals surface area contributed by atoms with Crippen molar-refractivity contribution < 1.29 is 9.31 Å². The van der Waals surface area contributed by atoms with E-state index in [2.05, 4.69) is 26.0 Å². The molecule has 1 aliphatic rings. The van der Waals surface area contributed by atoms with Crippen molar-refractivity contribution in [1.82, 2.24) is 0 Å².